The lowest BCUT2D eigenvalue weighted by Gasteiger charge is -2.14. The standard InChI is InChI=1S/C19H21NO4S2/c1-12-8-14(9-13(2)19(12)24-3)26(22,23)20-10-17(21)16-11-25-18-7-5-4-6-15(16)18/h4-9,11,17,20-21H,10H2,1-3H3. The third-order valence-corrected chi connectivity index (χ3v) is 6.67. The van der Waals surface area contributed by atoms with Crippen molar-refractivity contribution in [1.29, 1.82) is 0 Å². The SMILES string of the molecule is COc1c(C)cc(S(=O)(=O)NCC(O)c2csc3ccccc23)cc1C. The van der Waals surface area contributed by atoms with Gasteiger partial charge in [0.1, 0.15) is 5.75 Å². The lowest BCUT2D eigenvalue weighted by Crippen LogP contribution is -2.28. The number of aryl methyl sites for hydroxylation is 2. The molecular formula is C19H21NO4S2. The lowest BCUT2D eigenvalue weighted by atomic mass is 10.1. The van der Waals surface area contributed by atoms with Crippen molar-refractivity contribution in [3.8, 4) is 5.75 Å². The Kier molecular flexibility index (Phi) is 5.34. The van der Waals surface area contributed by atoms with E-state index in [9.17, 15) is 13.5 Å². The van der Waals surface area contributed by atoms with Crippen LogP contribution in [0.1, 0.15) is 22.8 Å². The molecule has 0 fully saturated rings. The molecule has 2 N–H and O–H groups in total. The van der Waals surface area contributed by atoms with E-state index in [0.29, 0.717) is 5.75 Å². The van der Waals surface area contributed by atoms with E-state index >= 15 is 0 Å². The van der Waals surface area contributed by atoms with Gasteiger partial charge in [0.15, 0.2) is 0 Å². The maximum atomic E-state index is 12.6. The number of benzene rings is 2. The maximum Gasteiger partial charge on any atom is 0.240 e. The van der Waals surface area contributed by atoms with Gasteiger partial charge < -0.3 is 9.84 Å². The Morgan fingerprint density at radius 2 is 1.85 bits per heavy atom. The minimum absolute atomic E-state index is 0.0901. The molecule has 0 radical (unpaired) electrons. The zero-order valence-corrected chi connectivity index (χ0v) is 16.4. The van der Waals surface area contributed by atoms with Crippen LogP contribution in [0.2, 0.25) is 0 Å². The molecule has 0 spiro atoms. The molecule has 0 amide bonds. The van der Waals surface area contributed by atoms with Gasteiger partial charge in [-0.15, -0.1) is 11.3 Å². The number of sulfonamides is 1. The first-order chi connectivity index (χ1) is 12.3. The lowest BCUT2D eigenvalue weighted by molar-refractivity contribution is 0.184. The number of hydrogen-bond acceptors (Lipinski definition) is 5. The molecule has 0 bridgehead atoms. The summed E-state index contributed by atoms with van der Waals surface area (Å²) < 4.78 is 34.1. The Bertz CT molecular complexity index is 1020. The Morgan fingerprint density at radius 3 is 2.50 bits per heavy atom. The predicted molar refractivity (Wildman–Crippen MR) is 104 cm³/mol. The van der Waals surface area contributed by atoms with Gasteiger partial charge in [-0.3, -0.25) is 0 Å². The monoisotopic (exact) mass is 391 g/mol. The van der Waals surface area contributed by atoms with Crippen molar-refractivity contribution in [2.75, 3.05) is 13.7 Å². The summed E-state index contributed by atoms with van der Waals surface area (Å²) in [5, 5.41) is 13.3. The number of thiophene rings is 1. The summed E-state index contributed by atoms with van der Waals surface area (Å²) in [6.45, 7) is 3.52. The summed E-state index contributed by atoms with van der Waals surface area (Å²) >= 11 is 1.53. The van der Waals surface area contributed by atoms with Crippen molar-refractivity contribution in [3.05, 3.63) is 58.5 Å². The highest BCUT2D eigenvalue weighted by Gasteiger charge is 2.20. The van der Waals surface area contributed by atoms with Gasteiger partial charge in [-0.2, -0.15) is 0 Å². The first-order valence-electron chi connectivity index (χ1n) is 8.12. The van der Waals surface area contributed by atoms with Crippen molar-refractivity contribution in [2.24, 2.45) is 0 Å². The third kappa shape index (κ3) is 3.61. The third-order valence-electron chi connectivity index (χ3n) is 4.28. The zero-order valence-electron chi connectivity index (χ0n) is 14.8. The predicted octanol–water partition coefficient (Wildman–Crippen LogP) is 3.54. The van der Waals surface area contributed by atoms with Crippen LogP contribution in [0.25, 0.3) is 10.1 Å². The fourth-order valence-corrected chi connectivity index (χ4v) is 5.24. The number of fused-ring (bicyclic) bond motifs is 1. The summed E-state index contributed by atoms with van der Waals surface area (Å²) in [6, 6.07) is 10.9. The van der Waals surface area contributed by atoms with E-state index in [4.69, 9.17) is 4.74 Å². The molecule has 1 aromatic heterocycles. The molecule has 0 saturated heterocycles. The number of methoxy groups -OCH3 is 1. The fourth-order valence-electron chi connectivity index (χ4n) is 3.03. The fraction of sp³-hybridized carbons (Fsp3) is 0.263. The highest BCUT2D eigenvalue weighted by atomic mass is 32.2. The Balaban J connectivity index is 1.80. The van der Waals surface area contributed by atoms with Crippen LogP contribution in [0.4, 0.5) is 0 Å². The van der Waals surface area contributed by atoms with Gasteiger partial charge >= 0.3 is 0 Å². The Morgan fingerprint density at radius 1 is 1.19 bits per heavy atom. The number of ether oxygens (including phenoxy) is 1. The topological polar surface area (TPSA) is 75.6 Å². The van der Waals surface area contributed by atoms with Gasteiger partial charge in [-0.05, 0) is 53.9 Å². The van der Waals surface area contributed by atoms with E-state index in [0.717, 1.165) is 26.8 Å². The Hall–Kier alpha value is -1.93. The summed E-state index contributed by atoms with van der Waals surface area (Å²) in [7, 11) is -2.17. The smallest absolute Gasteiger partial charge is 0.240 e. The van der Waals surface area contributed by atoms with Crippen molar-refractivity contribution in [1.82, 2.24) is 4.72 Å². The van der Waals surface area contributed by atoms with Crippen molar-refractivity contribution < 1.29 is 18.3 Å². The number of hydrogen-bond donors (Lipinski definition) is 2. The van der Waals surface area contributed by atoms with Gasteiger partial charge in [0.05, 0.1) is 18.1 Å². The van der Waals surface area contributed by atoms with Crippen LogP contribution < -0.4 is 9.46 Å². The molecule has 3 rings (SSSR count). The van der Waals surface area contributed by atoms with Gasteiger partial charge in [0.2, 0.25) is 10.0 Å². The van der Waals surface area contributed by atoms with E-state index in [1.807, 2.05) is 29.6 Å². The van der Waals surface area contributed by atoms with Crippen LogP contribution in [0.5, 0.6) is 5.75 Å². The van der Waals surface area contributed by atoms with E-state index in [-0.39, 0.29) is 11.4 Å². The van der Waals surface area contributed by atoms with Gasteiger partial charge in [0, 0.05) is 16.8 Å². The largest absolute Gasteiger partial charge is 0.496 e. The molecule has 0 aliphatic carbocycles. The molecule has 5 nitrogen and oxygen atoms in total. The average molecular weight is 392 g/mol. The minimum atomic E-state index is -3.73. The molecule has 26 heavy (non-hydrogen) atoms. The van der Waals surface area contributed by atoms with Gasteiger partial charge in [-0.1, -0.05) is 18.2 Å². The van der Waals surface area contributed by atoms with Crippen LogP contribution in [0.3, 0.4) is 0 Å². The molecule has 2 aromatic carbocycles. The van der Waals surface area contributed by atoms with E-state index in [1.165, 1.54) is 11.3 Å². The molecule has 138 valence electrons. The molecule has 1 unspecified atom stereocenters. The van der Waals surface area contributed by atoms with E-state index in [1.54, 1.807) is 33.1 Å². The second kappa shape index (κ2) is 7.36. The Labute approximate surface area is 157 Å². The van der Waals surface area contributed by atoms with Gasteiger partial charge in [0.25, 0.3) is 0 Å². The number of aliphatic hydroxyl groups excluding tert-OH is 1. The number of rotatable bonds is 6. The quantitative estimate of drug-likeness (QED) is 0.674. The maximum absolute atomic E-state index is 12.6. The van der Waals surface area contributed by atoms with Crippen LogP contribution in [-0.2, 0) is 10.0 Å². The molecule has 1 atom stereocenters. The average Bonchev–Trinajstić information content (AvgIpc) is 3.03. The van der Waals surface area contributed by atoms with Crippen LogP contribution >= 0.6 is 11.3 Å². The molecular weight excluding hydrogens is 370 g/mol. The number of aliphatic hydroxyl groups is 1. The molecule has 0 saturated carbocycles. The summed E-state index contributed by atoms with van der Waals surface area (Å²) in [6.07, 6.45) is -0.915. The summed E-state index contributed by atoms with van der Waals surface area (Å²) in [5.74, 6) is 0.675. The van der Waals surface area contributed by atoms with Crippen molar-refractivity contribution in [2.45, 2.75) is 24.8 Å². The van der Waals surface area contributed by atoms with E-state index < -0.39 is 16.1 Å². The normalized spacial score (nSPS) is 13.1. The highest BCUT2D eigenvalue weighted by molar-refractivity contribution is 7.89. The molecule has 0 aliphatic heterocycles. The first-order valence-corrected chi connectivity index (χ1v) is 10.5. The molecule has 1 heterocycles. The first kappa shape index (κ1) is 18.8. The van der Waals surface area contributed by atoms with Crippen LogP contribution in [0, 0.1) is 13.8 Å². The van der Waals surface area contributed by atoms with Crippen LogP contribution in [-0.4, -0.2) is 27.2 Å². The zero-order chi connectivity index (χ0) is 18.9. The van der Waals surface area contributed by atoms with Crippen molar-refractivity contribution in [3.63, 3.8) is 0 Å². The second-order valence-electron chi connectivity index (χ2n) is 6.15. The molecule has 3 aromatic rings. The second-order valence-corrected chi connectivity index (χ2v) is 8.82. The van der Waals surface area contributed by atoms with Crippen molar-refractivity contribution >= 4 is 31.4 Å². The minimum Gasteiger partial charge on any atom is -0.496 e. The molecule has 0 aliphatic rings. The highest BCUT2D eigenvalue weighted by Crippen LogP contribution is 2.30. The van der Waals surface area contributed by atoms with E-state index in [2.05, 4.69) is 4.72 Å². The summed E-state index contributed by atoms with van der Waals surface area (Å²) in [4.78, 5) is 0.163. The van der Waals surface area contributed by atoms with Crippen LogP contribution in [0.15, 0.2) is 46.7 Å². The van der Waals surface area contributed by atoms with Gasteiger partial charge in [-0.25, -0.2) is 13.1 Å². The summed E-state index contributed by atoms with van der Waals surface area (Å²) in [5.41, 5.74) is 2.23. The molecule has 7 heteroatoms. The number of nitrogens with one attached hydrogen (secondary N) is 1.